The molecule has 0 atom stereocenters. The van der Waals surface area contributed by atoms with E-state index in [4.69, 9.17) is 5.11 Å². The Morgan fingerprint density at radius 2 is 2.00 bits per heavy atom. The summed E-state index contributed by atoms with van der Waals surface area (Å²) >= 11 is 0. The van der Waals surface area contributed by atoms with Crippen molar-refractivity contribution in [3.8, 4) is 0 Å². The van der Waals surface area contributed by atoms with Gasteiger partial charge in [-0.2, -0.15) is 0 Å². The zero-order chi connectivity index (χ0) is 8.81. The van der Waals surface area contributed by atoms with Crippen molar-refractivity contribution >= 4 is 5.97 Å². The quantitative estimate of drug-likeness (QED) is 0.525. The van der Waals surface area contributed by atoms with Crippen molar-refractivity contribution in [3.63, 3.8) is 0 Å². The third-order valence-corrected chi connectivity index (χ3v) is 1.35. The lowest BCUT2D eigenvalue weighted by Gasteiger charge is -1.87. The van der Waals surface area contributed by atoms with E-state index >= 15 is 0 Å². The van der Waals surface area contributed by atoms with E-state index in [1.54, 1.807) is 6.08 Å². The number of carboxylic acid groups (broad SMARTS) is 1. The number of pyridine rings is 1. The number of allylic oxidation sites excluding steroid dienone is 1. The molecule has 0 unspecified atom stereocenters. The van der Waals surface area contributed by atoms with Crippen LogP contribution in [-0.4, -0.2) is 11.1 Å². The monoisotopic (exact) mass is 164 g/mol. The highest BCUT2D eigenvalue weighted by molar-refractivity contribution is 5.79. The Kier molecular flexibility index (Phi) is 3.02. The molecule has 1 aromatic heterocycles. The fourth-order valence-electron chi connectivity index (χ4n) is 0.831. The number of carbonyl (C=O) groups is 1. The first kappa shape index (κ1) is 8.46. The molecule has 1 aromatic rings. The van der Waals surface area contributed by atoms with Crippen molar-refractivity contribution in [3.05, 3.63) is 42.7 Å². The number of nitrogens with zero attached hydrogens (tertiary/aromatic N) is 1. The summed E-state index contributed by atoms with van der Waals surface area (Å²) in [6.45, 7) is 0.590. The van der Waals surface area contributed by atoms with Crippen LogP contribution in [0.2, 0.25) is 0 Å². The summed E-state index contributed by atoms with van der Waals surface area (Å²) < 4.78 is 1.89. The van der Waals surface area contributed by atoms with Crippen LogP contribution >= 0.6 is 0 Å². The first-order valence-electron chi connectivity index (χ1n) is 3.62. The largest absolute Gasteiger partial charge is 0.478 e. The molecule has 3 heteroatoms. The number of rotatable bonds is 3. The van der Waals surface area contributed by atoms with Crippen LogP contribution in [0.4, 0.5) is 0 Å². The average molecular weight is 164 g/mol. The molecule has 0 spiro atoms. The van der Waals surface area contributed by atoms with Gasteiger partial charge in [-0.3, -0.25) is 0 Å². The van der Waals surface area contributed by atoms with Gasteiger partial charge in [0.05, 0.1) is 0 Å². The van der Waals surface area contributed by atoms with Crippen LogP contribution in [0, 0.1) is 0 Å². The van der Waals surface area contributed by atoms with Gasteiger partial charge < -0.3 is 5.11 Å². The van der Waals surface area contributed by atoms with E-state index in [0.29, 0.717) is 6.54 Å². The lowest BCUT2D eigenvalue weighted by Crippen LogP contribution is -2.31. The van der Waals surface area contributed by atoms with Crippen LogP contribution in [0.15, 0.2) is 42.7 Å². The van der Waals surface area contributed by atoms with Gasteiger partial charge in [0, 0.05) is 18.2 Å². The zero-order valence-electron chi connectivity index (χ0n) is 6.55. The van der Waals surface area contributed by atoms with Crippen LogP contribution in [0.1, 0.15) is 0 Å². The van der Waals surface area contributed by atoms with Gasteiger partial charge in [-0.25, -0.2) is 9.36 Å². The van der Waals surface area contributed by atoms with E-state index < -0.39 is 5.97 Å². The molecule has 12 heavy (non-hydrogen) atoms. The minimum absolute atomic E-state index is 0.590. The van der Waals surface area contributed by atoms with E-state index in [9.17, 15) is 4.79 Å². The van der Waals surface area contributed by atoms with Gasteiger partial charge in [-0.1, -0.05) is 6.07 Å². The molecule has 1 N–H and O–H groups in total. The van der Waals surface area contributed by atoms with Crippen LogP contribution in [-0.2, 0) is 11.3 Å². The predicted molar refractivity (Wildman–Crippen MR) is 43.4 cm³/mol. The topological polar surface area (TPSA) is 41.2 Å². The molecule has 1 rings (SSSR count). The Balaban J connectivity index is 2.49. The van der Waals surface area contributed by atoms with E-state index in [1.165, 1.54) is 0 Å². The van der Waals surface area contributed by atoms with Crippen LogP contribution in [0.3, 0.4) is 0 Å². The fraction of sp³-hybridized carbons (Fsp3) is 0.111. The standard InChI is InChI=1S/C9H9NO2/c11-9(12)5-4-8-10-6-2-1-3-7-10/h1-7H,8H2/p+1. The Morgan fingerprint density at radius 3 is 2.58 bits per heavy atom. The van der Waals surface area contributed by atoms with E-state index in [-0.39, 0.29) is 0 Å². The summed E-state index contributed by atoms with van der Waals surface area (Å²) in [4.78, 5) is 10.1. The minimum Gasteiger partial charge on any atom is -0.478 e. The SMILES string of the molecule is O=C(O)C=CC[n+]1ccccc1. The summed E-state index contributed by atoms with van der Waals surface area (Å²) in [6, 6.07) is 5.71. The van der Waals surface area contributed by atoms with Gasteiger partial charge in [0.15, 0.2) is 18.9 Å². The molecule has 0 aliphatic carbocycles. The van der Waals surface area contributed by atoms with Gasteiger partial charge in [-0.15, -0.1) is 0 Å². The third kappa shape index (κ3) is 2.96. The van der Waals surface area contributed by atoms with E-state index in [2.05, 4.69) is 0 Å². The molecule has 0 radical (unpaired) electrons. The Hall–Kier alpha value is -1.64. The molecular formula is C9H10NO2+. The zero-order valence-corrected chi connectivity index (χ0v) is 6.55. The number of hydrogen-bond acceptors (Lipinski definition) is 1. The molecule has 0 amide bonds. The molecule has 1 heterocycles. The Bertz CT molecular complexity index is 280. The number of carboxylic acids is 1. The third-order valence-electron chi connectivity index (χ3n) is 1.35. The van der Waals surface area contributed by atoms with Crippen molar-refractivity contribution in [2.75, 3.05) is 0 Å². The lowest BCUT2D eigenvalue weighted by molar-refractivity contribution is -0.687. The molecule has 62 valence electrons. The Labute approximate surface area is 70.6 Å². The first-order valence-corrected chi connectivity index (χ1v) is 3.62. The molecule has 0 bridgehead atoms. The van der Waals surface area contributed by atoms with Crippen LogP contribution in [0.25, 0.3) is 0 Å². The fourth-order valence-corrected chi connectivity index (χ4v) is 0.831. The second-order valence-corrected chi connectivity index (χ2v) is 2.31. The maximum Gasteiger partial charge on any atom is 0.328 e. The summed E-state index contributed by atoms with van der Waals surface area (Å²) in [7, 11) is 0. The van der Waals surface area contributed by atoms with Crippen LogP contribution < -0.4 is 4.57 Å². The number of aliphatic carboxylic acids is 1. The number of aromatic nitrogens is 1. The van der Waals surface area contributed by atoms with Gasteiger partial charge >= 0.3 is 5.97 Å². The summed E-state index contributed by atoms with van der Waals surface area (Å²) in [6.07, 6.45) is 6.50. The van der Waals surface area contributed by atoms with Gasteiger partial charge in [0.25, 0.3) is 0 Å². The van der Waals surface area contributed by atoms with E-state index in [1.807, 2.05) is 35.2 Å². The highest BCUT2D eigenvalue weighted by Crippen LogP contribution is 1.78. The summed E-state index contributed by atoms with van der Waals surface area (Å²) in [5, 5.41) is 8.30. The molecule has 0 fully saturated rings. The molecule has 0 aliphatic rings. The second kappa shape index (κ2) is 4.28. The number of hydrogen-bond donors (Lipinski definition) is 1. The highest BCUT2D eigenvalue weighted by Gasteiger charge is 1.92. The summed E-state index contributed by atoms with van der Waals surface area (Å²) in [5.74, 6) is -0.911. The van der Waals surface area contributed by atoms with Crippen molar-refractivity contribution in [2.24, 2.45) is 0 Å². The van der Waals surface area contributed by atoms with Gasteiger partial charge in [-0.05, 0) is 6.08 Å². The Morgan fingerprint density at radius 1 is 1.33 bits per heavy atom. The average Bonchev–Trinajstić information content (AvgIpc) is 2.05. The van der Waals surface area contributed by atoms with Crippen molar-refractivity contribution < 1.29 is 14.5 Å². The summed E-state index contributed by atoms with van der Waals surface area (Å²) in [5.41, 5.74) is 0. The normalized spacial score (nSPS) is 10.3. The van der Waals surface area contributed by atoms with Gasteiger partial charge in [0.2, 0.25) is 0 Å². The molecule has 3 nitrogen and oxygen atoms in total. The van der Waals surface area contributed by atoms with Crippen LogP contribution in [0.5, 0.6) is 0 Å². The maximum absolute atomic E-state index is 10.1. The first-order chi connectivity index (χ1) is 5.79. The molecule has 0 aromatic carbocycles. The minimum atomic E-state index is -0.911. The van der Waals surface area contributed by atoms with Crippen molar-refractivity contribution in [2.45, 2.75) is 6.54 Å². The second-order valence-electron chi connectivity index (χ2n) is 2.31. The van der Waals surface area contributed by atoms with Crippen molar-refractivity contribution in [1.29, 1.82) is 0 Å². The smallest absolute Gasteiger partial charge is 0.328 e. The maximum atomic E-state index is 10.1. The molecule has 0 saturated heterocycles. The van der Waals surface area contributed by atoms with Gasteiger partial charge in [0.1, 0.15) is 0 Å². The predicted octanol–water partition coefficient (Wildman–Crippen LogP) is 0.615. The van der Waals surface area contributed by atoms with Crippen molar-refractivity contribution in [1.82, 2.24) is 0 Å². The van der Waals surface area contributed by atoms with E-state index in [0.717, 1.165) is 6.08 Å². The highest BCUT2D eigenvalue weighted by atomic mass is 16.4. The molecule has 0 aliphatic heterocycles. The molecule has 0 saturated carbocycles. The lowest BCUT2D eigenvalue weighted by atomic mass is 10.4. The molecular weight excluding hydrogens is 154 g/mol.